The molecule has 0 bridgehead atoms. The second kappa shape index (κ2) is 8.25. The summed E-state index contributed by atoms with van der Waals surface area (Å²) in [7, 11) is 0. The molecular formula is C21H23N3OS2. The smallest absolute Gasteiger partial charge is 0.255 e. The molecule has 1 aromatic heterocycles. The zero-order valence-corrected chi connectivity index (χ0v) is 17.5. The second-order valence-electron chi connectivity index (χ2n) is 7.23. The van der Waals surface area contributed by atoms with Crippen LogP contribution >= 0.6 is 23.3 Å². The summed E-state index contributed by atoms with van der Waals surface area (Å²) in [6, 6.07) is 15.2. The number of aromatic nitrogens is 1. The fourth-order valence-corrected chi connectivity index (χ4v) is 4.15. The van der Waals surface area contributed by atoms with Gasteiger partial charge < -0.3 is 5.32 Å². The molecule has 3 aromatic rings. The summed E-state index contributed by atoms with van der Waals surface area (Å²) in [5.41, 5.74) is 2.49. The summed E-state index contributed by atoms with van der Waals surface area (Å²) in [5, 5.41) is 4.02. The zero-order valence-electron chi connectivity index (χ0n) is 15.9. The van der Waals surface area contributed by atoms with Crippen LogP contribution in [0, 0.1) is 6.92 Å². The van der Waals surface area contributed by atoms with Gasteiger partial charge in [0.05, 0.1) is 9.88 Å². The molecule has 2 aromatic carbocycles. The first kappa shape index (κ1) is 19.6. The molecule has 6 heteroatoms. The highest BCUT2D eigenvalue weighted by molar-refractivity contribution is 7.97. The maximum Gasteiger partial charge on any atom is 0.255 e. The Balaban J connectivity index is 1.89. The van der Waals surface area contributed by atoms with Gasteiger partial charge in [-0.05, 0) is 63.9 Å². The number of rotatable bonds is 5. The third kappa shape index (κ3) is 5.42. The van der Waals surface area contributed by atoms with Crippen molar-refractivity contribution in [3.63, 3.8) is 0 Å². The van der Waals surface area contributed by atoms with Gasteiger partial charge in [0, 0.05) is 33.4 Å². The molecule has 0 aliphatic carbocycles. The Morgan fingerprint density at radius 1 is 1.11 bits per heavy atom. The second-order valence-corrected chi connectivity index (χ2v) is 9.31. The highest BCUT2D eigenvalue weighted by Crippen LogP contribution is 2.36. The van der Waals surface area contributed by atoms with Gasteiger partial charge in [0.15, 0.2) is 0 Å². The van der Waals surface area contributed by atoms with Crippen molar-refractivity contribution < 1.29 is 4.79 Å². The van der Waals surface area contributed by atoms with Crippen molar-refractivity contribution in [3.05, 3.63) is 65.3 Å². The number of hydrogen-bond acceptors (Lipinski definition) is 5. The number of hydrogen-bond donors (Lipinski definition) is 2. The van der Waals surface area contributed by atoms with E-state index >= 15 is 0 Å². The lowest BCUT2D eigenvalue weighted by molar-refractivity contribution is 0.102. The lowest BCUT2D eigenvalue weighted by atomic mass is 10.1. The molecule has 4 nitrogen and oxygen atoms in total. The summed E-state index contributed by atoms with van der Waals surface area (Å²) in [5.74, 6) is -0.114. The molecule has 0 saturated heterocycles. The van der Waals surface area contributed by atoms with Gasteiger partial charge in [0.1, 0.15) is 0 Å². The molecule has 1 amide bonds. The molecule has 0 unspecified atom stereocenters. The van der Waals surface area contributed by atoms with Gasteiger partial charge in [0.25, 0.3) is 5.91 Å². The standard InChI is InChI=1S/C21H23N3OS2/c1-14-22-13-19(26-14)17-11-10-16(12-18(17)27-24-21(2,3)4)23-20(25)15-8-6-5-7-9-15/h5-13,24H,1-4H3,(H,23,25). The van der Waals surface area contributed by atoms with Crippen molar-refractivity contribution in [2.75, 3.05) is 5.32 Å². The van der Waals surface area contributed by atoms with Crippen LogP contribution in [0.3, 0.4) is 0 Å². The van der Waals surface area contributed by atoms with E-state index in [9.17, 15) is 4.79 Å². The average molecular weight is 398 g/mol. The Morgan fingerprint density at radius 3 is 2.48 bits per heavy atom. The average Bonchev–Trinajstić information content (AvgIpc) is 3.06. The van der Waals surface area contributed by atoms with Crippen LogP contribution in [0.25, 0.3) is 10.4 Å². The van der Waals surface area contributed by atoms with E-state index in [4.69, 9.17) is 0 Å². The van der Waals surface area contributed by atoms with Crippen molar-refractivity contribution in [3.8, 4) is 10.4 Å². The van der Waals surface area contributed by atoms with E-state index in [-0.39, 0.29) is 11.4 Å². The van der Waals surface area contributed by atoms with Crippen molar-refractivity contribution in [2.24, 2.45) is 0 Å². The van der Waals surface area contributed by atoms with Crippen LogP contribution in [0.1, 0.15) is 36.1 Å². The number of aryl methyl sites for hydroxylation is 1. The molecule has 0 radical (unpaired) electrons. The predicted octanol–water partition coefficient (Wildman–Crippen LogP) is 5.77. The number of carbonyl (C=O) groups is 1. The summed E-state index contributed by atoms with van der Waals surface area (Å²) in [4.78, 5) is 19.0. The van der Waals surface area contributed by atoms with E-state index < -0.39 is 0 Å². The van der Waals surface area contributed by atoms with Crippen LogP contribution in [0.2, 0.25) is 0 Å². The van der Waals surface area contributed by atoms with Crippen LogP contribution in [0.5, 0.6) is 0 Å². The normalized spacial score (nSPS) is 11.4. The Kier molecular flexibility index (Phi) is 5.99. The number of benzene rings is 2. The predicted molar refractivity (Wildman–Crippen MR) is 115 cm³/mol. The first-order valence-electron chi connectivity index (χ1n) is 8.69. The van der Waals surface area contributed by atoms with E-state index in [1.54, 1.807) is 35.4 Å². The number of anilines is 1. The molecule has 140 valence electrons. The largest absolute Gasteiger partial charge is 0.322 e. The molecule has 27 heavy (non-hydrogen) atoms. The lowest BCUT2D eigenvalue weighted by Gasteiger charge is -2.21. The molecule has 0 fully saturated rings. The van der Waals surface area contributed by atoms with Gasteiger partial charge in [-0.1, -0.05) is 24.3 Å². The first-order chi connectivity index (χ1) is 12.8. The molecule has 2 N–H and O–H groups in total. The quantitative estimate of drug-likeness (QED) is 0.537. The Bertz CT molecular complexity index is 930. The molecule has 1 heterocycles. The van der Waals surface area contributed by atoms with Gasteiger partial charge in [-0.2, -0.15) is 0 Å². The maximum atomic E-state index is 12.5. The van der Waals surface area contributed by atoms with E-state index in [0.29, 0.717) is 5.56 Å². The summed E-state index contributed by atoms with van der Waals surface area (Å²) >= 11 is 3.24. The van der Waals surface area contributed by atoms with Crippen LogP contribution in [-0.4, -0.2) is 16.4 Å². The van der Waals surface area contributed by atoms with Gasteiger partial charge in [-0.3, -0.25) is 9.52 Å². The molecular weight excluding hydrogens is 374 g/mol. The van der Waals surface area contributed by atoms with Crippen LogP contribution < -0.4 is 10.0 Å². The SMILES string of the molecule is Cc1ncc(-c2ccc(NC(=O)c3ccccc3)cc2SNC(C)(C)C)s1. The molecule has 0 aliphatic heterocycles. The van der Waals surface area contributed by atoms with Crippen LogP contribution in [-0.2, 0) is 0 Å². The number of thiazole rings is 1. The van der Waals surface area contributed by atoms with Gasteiger partial charge in [-0.15, -0.1) is 11.3 Å². The minimum absolute atomic E-state index is 0.0329. The Morgan fingerprint density at radius 2 is 1.85 bits per heavy atom. The minimum Gasteiger partial charge on any atom is -0.322 e. The minimum atomic E-state index is -0.114. The van der Waals surface area contributed by atoms with Crippen molar-refractivity contribution in [2.45, 2.75) is 38.1 Å². The number of carbonyl (C=O) groups excluding carboxylic acids is 1. The third-order valence-electron chi connectivity index (χ3n) is 3.63. The lowest BCUT2D eigenvalue weighted by Crippen LogP contribution is -2.29. The topological polar surface area (TPSA) is 54.0 Å². The summed E-state index contributed by atoms with van der Waals surface area (Å²) in [6.07, 6.45) is 1.90. The molecule has 0 saturated carbocycles. The van der Waals surface area contributed by atoms with Crippen LogP contribution in [0.15, 0.2) is 59.6 Å². The van der Waals surface area contributed by atoms with Crippen molar-refractivity contribution >= 4 is 34.9 Å². The number of nitrogens with one attached hydrogen (secondary N) is 2. The third-order valence-corrected chi connectivity index (χ3v) is 5.85. The number of amides is 1. The molecule has 0 aliphatic rings. The number of nitrogens with zero attached hydrogens (tertiary/aromatic N) is 1. The maximum absolute atomic E-state index is 12.5. The van der Waals surface area contributed by atoms with Crippen LogP contribution in [0.4, 0.5) is 5.69 Å². The summed E-state index contributed by atoms with van der Waals surface area (Å²) in [6.45, 7) is 8.37. The van der Waals surface area contributed by atoms with Gasteiger partial charge in [0.2, 0.25) is 0 Å². The monoisotopic (exact) mass is 397 g/mol. The molecule has 3 rings (SSSR count). The first-order valence-corrected chi connectivity index (χ1v) is 10.3. The van der Waals surface area contributed by atoms with E-state index in [2.05, 4.69) is 35.8 Å². The fraction of sp³-hybridized carbons (Fsp3) is 0.238. The van der Waals surface area contributed by atoms with E-state index in [1.165, 1.54) is 0 Å². The van der Waals surface area contributed by atoms with E-state index in [0.717, 1.165) is 26.0 Å². The Hall–Kier alpha value is -2.15. The highest BCUT2D eigenvalue weighted by Gasteiger charge is 2.15. The Labute approximate surface area is 168 Å². The van der Waals surface area contributed by atoms with Gasteiger partial charge in [-0.25, -0.2) is 4.98 Å². The van der Waals surface area contributed by atoms with Crippen molar-refractivity contribution in [1.29, 1.82) is 0 Å². The zero-order chi connectivity index (χ0) is 19.4. The van der Waals surface area contributed by atoms with Crippen molar-refractivity contribution in [1.82, 2.24) is 9.71 Å². The molecule has 0 atom stereocenters. The summed E-state index contributed by atoms with van der Waals surface area (Å²) < 4.78 is 3.46. The molecule has 0 spiro atoms. The fourth-order valence-electron chi connectivity index (χ4n) is 2.37. The van der Waals surface area contributed by atoms with Gasteiger partial charge >= 0.3 is 0 Å². The van der Waals surface area contributed by atoms with E-state index in [1.807, 2.05) is 49.5 Å². The highest BCUT2D eigenvalue weighted by atomic mass is 32.2.